The molecule has 15 heavy (non-hydrogen) atoms. The normalized spacial score (nSPS) is 58.9. The first-order valence-electron chi connectivity index (χ1n) is 5.65. The average molecular weight is 231 g/mol. The SMILES string of the molecule is C[C@H]1O[C@]2(C[S@]1=O)C[N+]1([O-])CCC2CC1. The number of fused-ring (bicyclic) bond motifs is 2. The second kappa shape index (κ2) is 3.03. The summed E-state index contributed by atoms with van der Waals surface area (Å²) >= 11 is 0. The molecule has 3 atom stereocenters. The second-order valence-corrected chi connectivity index (χ2v) is 6.93. The number of hydrogen-bond donors (Lipinski definition) is 0. The number of quaternary nitrogens is 1. The Hall–Kier alpha value is 0.0300. The van der Waals surface area contributed by atoms with Crippen molar-refractivity contribution >= 4 is 10.8 Å². The predicted octanol–water partition coefficient (Wildman–Crippen LogP) is 0.588. The Morgan fingerprint density at radius 3 is 2.60 bits per heavy atom. The van der Waals surface area contributed by atoms with Crippen molar-refractivity contribution < 1.29 is 13.6 Å². The van der Waals surface area contributed by atoms with Gasteiger partial charge in [-0.15, -0.1) is 0 Å². The molecule has 0 amide bonds. The number of ether oxygens (including phenoxy) is 1. The van der Waals surface area contributed by atoms with Crippen LogP contribution in [-0.4, -0.2) is 45.3 Å². The van der Waals surface area contributed by atoms with Crippen molar-refractivity contribution in [3.8, 4) is 0 Å². The maximum atomic E-state index is 12.3. The van der Waals surface area contributed by atoms with Crippen LogP contribution in [0.15, 0.2) is 0 Å². The molecule has 0 aromatic carbocycles. The molecule has 2 bridgehead atoms. The van der Waals surface area contributed by atoms with Crippen LogP contribution in [-0.2, 0) is 15.5 Å². The number of nitrogens with zero attached hydrogens (tertiary/aromatic N) is 1. The van der Waals surface area contributed by atoms with Gasteiger partial charge in [0.05, 0.1) is 29.6 Å². The third-order valence-corrected chi connectivity index (χ3v) is 5.84. The predicted molar refractivity (Wildman–Crippen MR) is 57.2 cm³/mol. The van der Waals surface area contributed by atoms with E-state index < -0.39 is 10.8 Å². The van der Waals surface area contributed by atoms with Gasteiger partial charge in [0.15, 0.2) is 0 Å². The third kappa shape index (κ3) is 1.40. The molecule has 0 radical (unpaired) electrons. The molecule has 0 aromatic rings. The second-order valence-electron chi connectivity index (χ2n) is 5.21. The van der Waals surface area contributed by atoms with Crippen LogP contribution in [0.1, 0.15) is 19.8 Å². The number of piperidine rings is 3. The molecular formula is C10H17NO3S. The van der Waals surface area contributed by atoms with Crippen LogP contribution in [0.5, 0.6) is 0 Å². The molecule has 4 saturated heterocycles. The van der Waals surface area contributed by atoms with Gasteiger partial charge in [0.25, 0.3) is 0 Å². The Labute approximate surface area is 92.2 Å². The maximum Gasteiger partial charge on any atom is 0.133 e. The van der Waals surface area contributed by atoms with Gasteiger partial charge in [-0.05, 0) is 6.92 Å². The lowest BCUT2D eigenvalue weighted by Crippen LogP contribution is -2.67. The number of hydroxylamine groups is 3. The van der Waals surface area contributed by atoms with Crippen LogP contribution in [0.3, 0.4) is 0 Å². The highest BCUT2D eigenvalue weighted by atomic mass is 32.2. The summed E-state index contributed by atoms with van der Waals surface area (Å²) < 4.78 is 17.5. The van der Waals surface area contributed by atoms with E-state index in [0.717, 1.165) is 25.9 Å². The van der Waals surface area contributed by atoms with Gasteiger partial charge in [-0.1, -0.05) is 0 Å². The lowest BCUT2D eigenvalue weighted by atomic mass is 9.76. The van der Waals surface area contributed by atoms with Gasteiger partial charge >= 0.3 is 0 Å². The highest BCUT2D eigenvalue weighted by Crippen LogP contribution is 2.46. The lowest BCUT2D eigenvalue weighted by Gasteiger charge is -2.59. The van der Waals surface area contributed by atoms with Crippen molar-refractivity contribution in [3.05, 3.63) is 5.21 Å². The Kier molecular flexibility index (Phi) is 2.06. The summed E-state index contributed by atoms with van der Waals surface area (Å²) in [5.74, 6) is 1.06. The first-order valence-corrected chi connectivity index (χ1v) is 7.03. The summed E-state index contributed by atoms with van der Waals surface area (Å²) in [5.41, 5.74) is -0.528. The molecule has 4 heterocycles. The van der Waals surface area contributed by atoms with Crippen molar-refractivity contribution in [1.29, 1.82) is 0 Å². The topological polar surface area (TPSA) is 49.4 Å². The van der Waals surface area contributed by atoms with E-state index in [0.29, 0.717) is 18.2 Å². The molecular weight excluding hydrogens is 214 g/mol. The van der Waals surface area contributed by atoms with Crippen molar-refractivity contribution in [2.75, 3.05) is 25.4 Å². The molecule has 4 aliphatic rings. The molecule has 0 saturated carbocycles. The van der Waals surface area contributed by atoms with Gasteiger partial charge in [-0.3, -0.25) is 4.21 Å². The summed E-state index contributed by atoms with van der Waals surface area (Å²) in [4.78, 5) is 0. The summed E-state index contributed by atoms with van der Waals surface area (Å²) in [6, 6.07) is 0. The van der Waals surface area contributed by atoms with Gasteiger partial charge < -0.3 is 14.6 Å². The molecule has 4 rings (SSSR count). The minimum atomic E-state index is -0.896. The van der Waals surface area contributed by atoms with Crippen molar-refractivity contribution in [2.24, 2.45) is 5.92 Å². The number of rotatable bonds is 0. The van der Waals surface area contributed by atoms with Gasteiger partial charge in [0, 0.05) is 18.8 Å². The highest BCUT2D eigenvalue weighted by molar-refractivity contribution is 7.85. The minimum Gasteiger partial charge on any atom is -0.633 e. The van der Waals surface area contributed by atoms with E-state index in [9.17, 15) is 9.42 Å². The molecule has 4 fully saturated rings. The Morgan fingerprint density at radius 1 is 1.47 bits per heavy atom. The summed E-state index contributed by atoms with van der Waals surface area (Å²) in [6.07, 6.45) is 1.90. The molecule has 4 aliphatic heterocycles. The molecule has 86 valence electrons. The fourth-order valence-electron chi connectivity index (χ4n) is 3.41. The van der Waals surface area contributed by atoms with Crippen LogP contribution in [0, 0.1) is 11.1 Å². The van der Waals surface area contributed by atoms with Gasteiger partial charge in [-0.25, -0.2) is 0 Å². The van der Waals surface area contributed by atoms with Gasteiger partial charge in [-0.2, -0.15) is 0 Å². The van der Waals surface area contributed by atoms with Crippen LogP contribution >= 0.6 is 0 Å². The van der Waals surface area contributed by atoms with E-state index in [2.05, 4.69) is 0 Å². The number of hydrogen-bond acceptors (Lipinski definition) is 3. The van der Waals surface area contributed by atoms with Crippen LogP contribution in [0.25, 0.3) is 0 Å². The van der Waals surface area contributed by atoms with Crippen LogP contribution < -0.4 is 0 Å². The lowest BCUT2D eigenvalue weighted by molar-refractivity contribution is -0.905. The van der Waals surface area contributed by atoms with Crippen LogP contribution in [0.2, 0.25) is 0 Å². The standard InChI is InChI=1S/C10H17NO3S/c1-8-14-10(7-15(8)13)6-11(12)4-2-9(10)3-5-11/h8-9H,2-7H2,1H3/t8-,9?,10-,11?,15+/m0/s1. The van der Waals surface area contributed by atoms with E-state index in [1.54, 1.807) is 0 Å². The largest absolute Gasteiger partial charge is 0.633 e. The molecule has 0 aromatic heterocycles. The smallest absolute Gasteiger partial charge is 0.133 e. The maximum absolute atomic E-state index is 12.3. The zero-order valence-electron chi connectivity index (χ0n) is 8.98. The van der Waals surface area contributed by atoms with E-state index in [1.165, 1.54) is 0 Å². The van der Waals surface area contributed by atoms with Gasteiger partial charge in [0.1, 0.15) is 17.6 Å². The quantitative estimate of drug-likeness (QED) is 0.453. The summed E-state index contributed by atoms with van der Waals surface area (Å²) in [5, 5.41) is 12.3. The Bertz CT molecular complexity index is 314. The van der Waals surface area contributed by atoms with E-state index in [-0.39, 0.29) is 15.7 Å². The molecule has 5 heteroatoms. The van der Waals surface area contributed by atoms with Crippen molar-refractivity contribution in [2.45, 2.75) is 30.8 Å². The Balaban J connectivity index is 1.91. The molecule has 1 spiro atoms. The van der Waals surface area contributed by atoms with E-state index >= 15 is 0 Å². The fourth-order valence-corrected chi connectivity index (χ4v) is 4.82. The van der Waals surface area contributed by atoms with E-state index in [1.807, 2.05) is 6.92 Å². The molecule has 0 aliphatic carbocycles. The molecule has 0 N–H and O–H groups in total. The zero-order chi connectivity index (χ0) is 10.7. The van der Waals surface area contributed by atoms with E-state index in [4.69, 9.17) is 4.74 Å². The van der Waals surface area contributed by atoms with Gasteiger partial charge in [0.2, 0.25) is 0 Å². The van der Waals surface area contributed by atoms with Crippen molar-refractivity contribution in [3.63, 3.8) is 0 Å². The summed E-state index contributed by atoms with van der Waals surface area (Å²) in [6.45, 7) is 3.86. The minimum absolute atomic E-state index is 0.111. The Morgan fingerprint density at radius 2 is 2.13 bits per heavy atom. The highest BCUT2D eigenvalue weighted by Gasteiger charge is 2.58. The fraction of sp³-hybridized carbons (Fsp3) is 1.00. The summed E-state index contributed by atoms with van der Waals surface area (Å²) in [7, 11) is -0.896. The zero-order valence-corrected chi connectivity index (χ0v) is 9.79. The first kappa shape index (κ1) is 10.2. The van der Waals surface area contributed by atoms with Crippen LogP contribution in [0.4, 0.5) is 0 Å². The molecule has 4 nitrogen and oxygen atoms in total. The molecule has 0 unspecified atom stereocenters. The third-order valence-electron chi connectivity index (χ3n) is 4.23. The first-order chi connectivity index (χ1) is 7.03. The van der Waals surface area contributed by atoms with Crippen molar-refractivity contribution in [1.82, 2.24) is 0 Å². The average Bonchev–Trinajstić information content (AvgIpc) is 2.41. The monoisotopic (exact) mass is 231 g/mol.